The minimum absolute atomic E-state index is 0.0751. The normalized spacial score (nSPS) is 28.2. The highest BCUT2D eigenvalue weighted by molar-refractivity contribution is 7.89. The van der Waals surface area contributed by atoms with Gasteiger partial charge in [-0.1, -0.05) is 13.3 Å². The highest BCUT2D eigenvalue weighted by Gasteiger charge is 2.31. The number of rotatable bonds is 5. The Morgan fingerprint density at radius 1 is 1.44 bits per heavy atom. The molecule has 0 aliphatic carbocycles. The van der Waals surface area contributed by atoms with Crippen LogP contribution in [0.4, 0.5) is 0 Å². The average Bonchev–Trinajstić information content (AvgIpc) is 2.25. The summed E-state index contributed by atoms with van der Waals surface area (Å²) in [5, 5.41) is 0. The molecule has 1 rings (SSSR count). The number of unbranched alkanes of at least 4 members (excludes halogenated alkanes) is 1. The highest BCUT2D eigenvalue weighted by atomic mass is 35.5. The van der Waals surface area contributed by atoms with E-state index in [0.29, 0.717) is 25.4 Å². The molecular formula is C10H20ClNO3S. The maximum Gasteiger partial charge on any atom is 0.214 e. The standard InChI is InChI=1S/C10H20ClNO3S/c1-3-4-5-16(13,14)12-7-9(2)15-10(6-11)8-12/h9-10H,3-8H2,1-2H3. The van der Waals surface area contributed by atoms with Crippen molar-refractivity contribution in [2.75, 3.05) is 24.7 Å². The van der Waals surface area contributed by atoms with E-state index in [1.54, 1.807) is 0 Å². The van der Waals surface area contributed by atoms with Crippen molar-refractivity contribution >= 4 is 21.6 Å². The summed E-state index contributed by atoms with van der Waals surface area (Å²) in [5.41, 5.74) is 0. The van der Waals surface area contributed by atoms with E-state index in [2.05, 4.69) is 0 Å². The molecule has 1 aliphatic heterocycles. The maximum atomic E-state index is 12.0. The molecule has 0 radical (unpaired) electrons. The molecule has 0 amide bonds. The number of halogens is 1. The van der Waals surface area contributed by atoms with Crippen molar-refractivity contribution < 1.29 is 13.2 Å². The van der Waals surface area contributed by atoms with Crippen LogP contribution in [0.2, 0.25) is 0 Å². The Hall–Kier alpha value is 0.160. The van der Waals surface area contributed by atoms with Gasteiger partial charge in [-0.15, -0.1) is 11.6 Å². The molecule has 0 saturated carbocycles. The Kier molecular flexibility index (Phi) is 5.50. The van der Waals surface area contributed by atoms with E-state index in [1.165, 1.54) is 4.31 Å². The van der Waals surface area contributed by atoms with E-state index in [1.807, 2.05) is 13.8 Å². The predicted octanol–water partition coefficient (Wildman–Crippen LogP) is 1.44. The monoisotopic (exact) mass is 269 g/mol. The molecule has 1 saturated heterocycles. The first-order valence-corrected chi connectivity index (χ1v) is 7.83. The zero-order valence-corrected chi connectivity index (χ0v) is 11.4. The number of alkyl halides is 1. The summed E-state index contributed by atoms with van der Waals surface area (Å²) in [5.74, 6) is 0.565. The molecule has 16 heavy (non-hydrogen) atoms. The van der Waals surface area contributed by atoms with Gasteiger partial charge in [0.05, 0.1) is 18.0 Å². The lowest BCUT2D eigenvalue weighted by atomic mass is 10.3. The van der Waals surface area contributed by atoms with Crippen LogP contribution in [0.15, 0.2) is 0 Å². The van der Waals surface area contributed by atoms with E-state index in [9.17, 15) is 8.42 Å². The maximum absolute atomic E-state index is 12.0. The zero-order chi connectivity index (χ0) is 12.2. The van der Waals surface area contributed by atoms with Gasteiger partial charge in [-0.25, -0.2) is 8.42 Å². The number of hydrogen-bond donors (Lipinski definition) is 0. The lowest BCUT2D eigenvalue weighted by Crippen LogP contribution is -2.50. The van der Waals surface area contributed by atoms with E-state index < -0.39 is 10.0 Å². The molecule has 4 nitrogen and oxygen atoms in total. The SMILES string of the molecule is CCCCS(=O)(=O)N1CC(C)OC(CCl)C1. The molecule has 2 atom stereocenters. The minimum atomic E-state index is -3.13. The summed E-state index contributed by atoms with van der Waals surface area (Å²) in [4.78, 5) is 0. The third kappa shape index (κ3) is 3.87. The molecule has 1 heterocycles. The first-order valence-electron chi connectivity index (χ1n) is 5.68. The minimum Gasteiger partial charge on any atom is -0.371 e. The van der Waals surface area contributed by atoms with Crippen LogP contribution in [0.5, 0.6) is 0 Å². The number of nitrogens with zero attached hydrogens (tertiary/aromatic N) is 1. The third-order valence-electron chi connectivity index (χ3n) is 2.61. The summed E-state index contributed by atoms with van der Waals surface area (Å²) in [6.45, 7) is 4.69. The predicted molar refractivity (Wildman–Crippen MR) is 65.3 cm³/mol. The smallest absolute Gasteiger partial charge is 0.214 e. The number of ether oxygens (including phenoxy) is 1. The zero-order valence-electron chi connectivity index (χ0n) is 9.86. The van der Waals surface area contributed by atoms with Crippen molar-refractivity contribution in [1.82, 2.24) is 4.31 Å². The first kappa shape index (κ1) is 14.2. The van der Waals surface area contributed by atoms with E-state index in [0.717, 1.165) is 6.42 Å². The summed E-state index contributed by atoms with van der Waals surface area (Å²) in [6.07, 6.45) is 1.34. The molecule has 6 heteroatoms. The van der Waals surface area contributed by atoms with Gasteiger partial charge in [-0.2, -0.15) is 4.31 Å². The van der Waals surface area contributed by atoms with Gasteiger partial charge in [0.1, 0.15) is 0 Å². The molecule has 0 bridgehead atoms. The van der Waals surface area contributed by atoms with Crippen LogP contribution in [0.25, 0.3) is 0 Å². The second kappa shape index (κ2) is 6.19. The number of hydrogen-bond acceptors (Lipinski definition) is 3. The summed E-state index contributed by atoms with van der Waals surface area (Å²) < 4.78 is 31.0. The van der Waals surface area contributed by atoms with Gasteiger partial charge in [-0.05, 0) is 13.3 Å². The lowest BCUT2D eigenvalue weighted by Gasteiger charge is -2.35. The van der Waals surface area contributed by atoms with Crippen molar-refractivity contribution in [1.29, 1.82) is 0 Å². The molecule has 0 spiro atoms. The Bertz CT molecular complexity index is 307. The number of morpholine rings is 1. The summed E-state index contributed by atoms with van der Waals surface area (Å²) >= 11 is 5.72. The Morgan fingerprint density at radius 3 is 2.69 bits per heavy atom. The van der Waals surface area contributed by atoms with Gasteiger partial charge in [-0.3, -0.25) is 0 Å². The first-order chi connectivity index (χ1) is 7.49. The van der Waals surface area contributed by atoms with Crippen LogP contribution in [0.1, 0.15) is 26.7 Å². The molecule has 0 aromatic heterocycles. The van der Waals surface area contributed by atoms with Gasteiger partial charge in [0.15, 0.2) is 0 Å². The van der Waals surface area contributed by atoms with E-state index >= 15 is 0 Å². The fourth-order valence-electron chi connectivity index (χ4n) is 1.77. The molecule has 2 unspecified atom stereocenters. The summed E-state index contributed by atoms with van der Waals surface area (Å²) in [6, 6.07) is 0. The molecule has 0 aromatic carbocycles. The lowest BCUT2D eigenvalue weighted by molar-refractivity contribution is -0.0423. The molecule has 96 valence electrons. The summed E-state index contributed by atoms with van der Waals surface area (Å²) in [7, 11) is -3.13. The second-order valence-corrected chi connectivity index (χ2v) is 6.61. The van der Waals surface area contributed by atoms with Crippen LogP contribution in [-0.4, -0.2) is 49.7 Å². The Balaban J connectivity index is 2.64. The van der Waals surface area contributed by atoms with E-state index in [4.69, 9.17) is 16.3 Å². The fourth-order valence-corrected chi connectivity index (χ4v) is 3.68. The van der Waals surface area contributed by atoms with Crippen molar-refractivity contribution in [3.63, 3.8) is 0 Å². The fraction of sp³-hybridized carbons (Fsp3) is 1.00. The highest BCUT2D eigenvalue weighted by Crippen LogP contribution is 2.16. The van der Waals surface area contributed by atoms with Crippen molar-refractivity contribution in [3.05, 3.63) is 0 Å². The van der Waals surface area contributed by atoms with Crippen molar-refractivity contribution in [2.24, 2.45) is 0 Å². The molecule has 1 fully saturated rings. The van der Waals surface area contributed by atoms with Gasteiger partial charge >= 0.3 is 0 Å². The van der Waals surface area contributed by atoms with Gasteiger partial charge in [0.25, 0.3) is 0 Å². The molecular weight excluding hydrogens is 250 g/mol. The van der Waals surface area contributed by atoms with Crippen molar-refractivity contribution in [3.8, 4) is 0 Å². The average molecular weight is 270 g/mol. The number of sulfonamides is 1. The Labute approximate surface area is 103 Å². The molecule has 0 aromatic rings. The van der Waals surface area contributed by atoms with Gasteiger partial charge in [0.2, 0.25) is 10.0 Å². The largest absolute Gasteiger partial charge is 0.371 e. The third-order valence-corrected chi connectivity index (χ3v) is 4.85. The van der Waals surface area contributed by atoms with Gasteiger partial charge < -0.3 is 4.74 Å². The quantitative estimate of drug-likeness (QED) is 0.710. The van der Waals surface area contributed by atoms with Crippen LogP contribution >= 0.6 is 11.6 Å². The van der Waals surface area contributed by atoms with Crippen LogP contribution < -0.4 is 0 Å². The van der Waals surface area contributed by atoms with Crippen molar-refractivity contribution in [2.45, 2.75) is 38.9 Å². The van der Waals surface area contributed by atoms with Crippen LogP contribution in [0, 0.1) is 0 Å². The van der Waals surface area contributed by atoms with Gasteiger partial charge in [0, 0.05) is 19.0 Å². The van der Waals surface area contributed by atoms with Crippen LogP contribution in [0.3, 0.4) is 0 Å². The topological polar surface area (TPSA) is 46.6 Å². The molecule has 0 N–H and O–H groups in total. The second-order valence-electron chi connectivity index (χ2n) is 4.21. The van der Waals surface area contributed by atoms with E-state index in [-0.39, 0.29) is 18.0 Å². The molecule has 1 aliphatic rings. The Morgan fingerprint density at radius 2 is 2.12 bits per heavy atom. The van der Waals surface area contributed by atoms with Crippen LogP contribution in [-0.2, 0) is 14.8 Å².